The maximum atomic E-state index is 10.0. The van der Waals surface area contributed by atoms with Crippen LogP contribution in [0, 0.1) is 0 Å². The zero-order valence-electron chi connectivity index (χ0n) is 17.1. The molecule has 0 spiro atoms. The van der Waals surface area contributed by atoms with Gasteiger partial charge in [-0.1, -0.05) is 41.9 Å². The third-order valence-corrected chi connectivity index (χ3v) is 4.93. The SMILES string of the molecule is O[C@@H](CNCCc1ccc(NC(=S)Nc2ccc(Cl)cc2)cc1)COc1ccccc1. The van der Waals surface area contributed by atoms with Gasteiger partial charge in [-0.25, -0.2) is 0 Å². The fourth-order valence-electron chi connectivity index (χ4n) is 2.85. The van der Waals surface area contributed by atoms with E-state index >= 15 is 0 Å². The summed E-state index contributed by atoms with van der Waals surface area (Å²) in [5.41, 5.74) is 2.99. The summed E-state index contributed by atoms with van der Waals surface area (Å²) < 4.78 is 5.55. The van der Waals surface area contributed by atoms with Crippen LogP contribution >= 0.6 is 23.8 Å². The molecule has 0 bridgehead atoms. The summed E-state index contributed by atoms with van der Waals surface area (Å²) in [5, 5.41) is 20.8. The number of aliphatic hydroxyl groups is 1. The molecule has 0 unspecified atom stereocenters. The number of rotatable bonds is 10. The van der Waals surface area contributed by atoms with Crippen molar-refractivity contribution in [3.05, 3.63) is 89.4 Å². The first-order valence-electron chi connectivity index (χ1n) is 10.1. The van der Waals surface area contributed by atoms with Crippen molar-refractivity contribution in [3.8, 4) is 5.75 Å². The Balaban J connectivity index is 1.32. The van der Waals surface area contributed by atoms with Crippen LogP contribution in [0.5, 0.6) is 5.75 Å². The van der Waals surface area contributed by atoms with Crippen LogP contribution in [0.25, 0.3) is 0 Å². The molecule has 3 aromatic carbocycles. The van der Waals surface area contributed by atoms with E-state index in [0.29, 0.717) is 16.7 Å². The number of aliphatic hydroxyl groups excluding tert-OH is 1. The fourth-order valence-corrected chi connectivity index (χ4v) is 3.21. The summed E-state index contributed by atoms with van der Waals surface area (Å²) in [6.45, 7) is 1.52. The molecule has 4 N–H and O–H groups in total. The van der Waals surface area contributed by atoms with Gasteiger partial charge in [-0.05, 0) is 79.3 Å². The maximum absolute atomic E-state index is 10.0. The molecular formula is C24H26ClN3O2S. The third-order valence-electron chi connectivity index (χ3n) is 4.47. The molecule has 31 heavy (non-hydrogen) atoms. The largest absolute Gasteiger partial charge is 0.491 e. The smallest absolute Gasteiger partial charge is 0.175 e. The molecule has 0 aliphatic rings. The molecule has 0 fully saturated rings. The lowest BCUT2D eigenvalue weighted by molar-refractivity contribution is 0.106. The van der Waals surface area contributed by atoms with Gasteiger partial charge in [0.15, 0.2) is 5.11 Å². The molecule has 5 nitrogen and oxygen atoms in total. The van der Waals surface area contributed by atoms with Crippen molar-refractivity contribution in [1.29, 1.82) is 0 Å². The molecule has 0 amide bonds. The van der Waals surface area contributed by atoms with Crippen LogP contribution in [0.2, 0.25) is 5.02 Å². The van der Waals surface area contributed by atoms with E-state index in [4.69, 9.17) is 28.6 Å². The van der Waals surface area contributed by atoms with Gasteiger partial charge < -0.3 is 25.8 Å². The molecule has 1 atom stereocenters. The van der Waals surface area contributed by atoms with Crippen molar-refractivity contribution >= 4 is 40.3 Å². The van der Waals surface area contributed by atoms with Crippen molar-refractivity contribution in [2.24, 2.45) is 0 Å². The van der Waals surface area contributed by atoms with Gasteiger partial charge in [0.1, 0.15) is 18.5 Å². The monoisotopic (exact) mass is 455 g/mol. The lowest BCUT2D eigenvalue weighted by Crippen LogP contribution is -2.32. The summed E-state index contributed by atoms with van der Waals surface area (Å²) in [6, 6.07) is 25.0. The highest BCUT2D eigenvalue weighted by Gasteiger charge is 2.05. The summed E-state index contributed by atoms with van der Waals surface area (Å²) in [4.78, 5) is 0. The Morgan fingerprint density at radius 3 is 2.16 bits per heavy atom. The van der Waals surface area contributed by atoms with E-state index in [9.17, 15) is 5.11 Å². The molecule has 0 radical (unpaired) electrons. The minimum Gasteiger partial charge on any atom is -0.491 e. The van der Waals surface area contributed by atoms with Gasteiger partial charge in [-0.15, -0.1) is 0 Å². The van der Waals surface area contributed by atoms with Gasteiger partial charge in [0.25, 0.3) is 0 Å². The van der Waals surface area contributed by atoms with Gasteiger partial charge in [0.2, 0.25) is 0 Å². The summed E-state index contributed by atoms with van der Waals surface area (Å²) in [6.07, 6.45) is 0.306. The Morgan fingerprint density at radius 2 is 1.52 bits per heavy atom. The number of nitrogens with one attached hydrogen (secondary N) is 3. The van der Waals surface area contributed by atoms with E-state index in [2.05, 4.69) is 28.1 Å². The molecule has 0 saturated heterocycles. The van der Waals surface area contributed by atoms with Crippen molar-refractivity contribution in [3.63, 3.8) is 0 Å². The van der Waals surface area contributed by atoms with Gasteiger partial charge in [0, 0.05) is 22.9 Å². The van der Waals surface area contributed by atoms with Gasteiger partial charge in [0.05, 0.1) is 0 Å². The predicted molar refractivity (Wildman–Crippen MR) is 132 cm³/mol. The van der Waals surface area contributed by atoms with E-state index in [-0.39, 0.29) is 6.61 Å². The maximum Gasteiger partial charge on any atom is 0.175 e. The van der Waals surface area contributed by atoms with E-state index in [1.807, 2.05) is 66.7 Å². The number of anilines is 2. The van der Waals surface area contributed by atoms with Crippen molar-refractivity contribution in [2.75, 3.05) is 30.3 Å². The normalized spacial score (nSPS) is 11.5. The summed E-state index contributed by atoms with van der Waals surface area (Å²) >= 11 is 11.2. The van der Waals surface area contributed by atoms with E-state index in [1.54, 1.807) is 0 Å². The third kappa shape index (κ3) is 8.55. The Labute approximate surface area is 193 Å². The zero-order chi connectivity index (χ0) is 21.9. The predicted octanol–water partition coefficient (Wildman–Crippen LogP) is 4.72. The first kappa shape index (κ1) is 23.0. The van der Waals surface area contributed by atoms with Crippen molar-refractivity contribution < 1.29 is 9.84 Å². The zero-order valence-corrected chi connectivity index (χ0v) is 18.6. The number of hydrogen-bond donors (Lipinski definition) is 4. The number of hydrogen-bond acceptors (Lipinski definition) is 4. The van der Waals surface area contributed by atoms with E-state index in [1.165, 1.54) is 5.56 Å². The Bertz CT molecular complexity index is 937. The number of thiocarbonyl (C=S) groups is 1. The molecule has 7 heteroatoms. The van der Waals surface area contributed by atoms with Gasteiger partial charge in [-0.3, -0.25) is 0 Å². The topological polar surface area (TPSA) is 65.5 Å². The van der Waals surface area contributed by atoms with Crippen LogP contribution in [0.4, 0.5) is 11.4 Å². The Morgan fingerprint density at radius 1 is 0.903 bits per heavy atom. The highest BCUT2D eigenvalue weighted by atomic mass is 35.5. The minimum absolute atomic E-state index is 0.265. The lowest BCUT2D eigenvalue weighted by Gasteiger charge is -2.13. The highest BCUT2D eigenvalue weighted by Crippen LogP contribution is 2.15. The van der Waals surface area contributed by atoms with Crippen LogP contribution in [-0.2, 0) is 6.42 Å². The first-order chi connectivity index (χ1) is 15.1. The Hall–Kier alpha value is -2.64. The molecule has 0 aliphatic carbocycles. The average molecular weight is 456 g/mol. The van der Waals surface area contributed by atoms with Crippen molar-refractivity contribution in [1.82, 2.24) is 5.32 Å². The highest BCUT2D eigenvalue weighted by molar-refractivity contribution is 7.80. The Kier molecular flexibility index (Phi) is 9.12. The molecule has 3 aromatic rings. The molecule has 3 rings (SSSR count). The number of halogens is 1. The molecule has 0 saturated carbocycles. The second kappa shape index (κ2) is 12.3. The van der Waals surface area contributed by atoms with Crippen LogP contribution < -0.4 is 20.7 Å². The standard InChI is InChI=1S/C24H26ClN3O2S/c25-19-8-12-21(13-9-19)28-24(31)27-20-10-6-18(7-11-20)14-15-26-16-22(29)17-30-23-4-2-1-3-5-23/h1-13,22,26,29H,14-17H2,(H2,27,28,31)/t22-/m0/s1. The summed E-state index contributed by atoms with van der Waals surface area (Å²) in [7, 11) is 0. The number of ether oxygens (including phenoxy) is 1. The van der Waals surface area contributed by atoms with Crippen LogP contribution in [0.15, 0.2) is 78.9 Å². The van der Waals surface area contributed by atoms with Crippen LogP contribution in [-0.4, -0.2) is 36.0 Å². The second-order valence-electron chi connectivity index (χ2n) is 7.01. The van der Waals surface area contributed by atoms with Gasteiger partial charge >= 0.3 is 0 Å². The molecule has 162 valence electrons. The number of benzene rings is 3. The van der Waals surface area contributed by atoms with E-state index in [0.717, 1.165) is 30.1 Å². The van der Waals surface area contributed by atoms with E-state index < -0.39 is 6.10 Å². The number of para-hydroxylation sites is 1. The average Bonchev–Trinajstić information content (AvgIpc) is 2.78. The van der Waals surface area contributed by atoms with Gasteiger partial charge in [-0.2, -0.15) is 0 Å². The second-order valence-corrected chi connectivity index (χ2v) is 7.86. The van der Waals surface area contributed by atoms with Crippen LogP contribution in [0.3, 0.4) is 0 Å². The lowest BCUT2D eigenvalue weighted by atomic mass is 10.1. The summed E-state index contributed by atoms with van der Waals surface area (Å²) in [5.74, 6) is 0.762. The molecule has 0 aliphatic heterocycles. The quantitative estimate of drug-likeness (QED) is 0.262. The molecular weight excluding hydrogens is 430 g/mol. The minimum atomic E-state index is -0.555. The molecule has 0 heterocycles. The fraction of sp³-hybridized carbons (Fsp3) is 0.208. The molecule has 0 aromatic heterocycles. The van der Waals surface area contributed by atoms with Crippen LogP contribution in [0.1, 0.15) is 5.56 Å². The first-order valence-corrected chi connectivity index (χ1v) is 10.9. The van der Waals surface area contributed by atoms with Crippen molar-refractivity contribution in [2.45, 2.75) is 12.5 Å².